The number of benzene rings is 2. The van der Waals surface area contributed by atoms with Crippen LogP contribution in [0.2, 0.25) is 5.02 Å². The van der Waals surface area contributed by atoms with Gasteiger partial charge in [-0.2, -0.15) is 9.37 Å². The number of carbonyl (C=O) groups is 1. The number of morpholine rings is 1. The quantitative estimate of drug-likeness (QED) is 0.427. The number of hydrogen-bond acceptors (Lipinski definition) is 7. The van der Waals surface area contributed by atoms with Gasteiger partial charge in [-0.15, -0.1) is 0 Å². The summed E-state index contributed by atoms with van der Waals surface area (Å²) in [4.78, 5) is 24.9. The van der Waals surface area contributed by atoms with E-state index in [1.165, 1.54) is 0 Å². The van der Waals surface area contributed by atoms with Crippen molar-refractivity contribution in [3.05, 3.63) is 65.6 Å². The fraction of sp³-hybridized carbons (Fsp3) is 0.370. The van der Waals surface area contributed by atoms with Gasteiger partial charge < -0.3 is 29.9 Å². The number of carbonyl (C=O) groups excluding carboxylic acids is 1. The lowest BCUT2D eigenvalue weighted by Gasteiger charge is -2.31. The van der Waals surface area contributed by atoms with E-state index in [1.807, 2.05) is 24.3 Å². The van der Waals surface area contributed by atoms with Gasteiger partial charge in [0.1, 0.15) is 0 Å². The van der Waals surface area contributed by atoms with Gasteiger partial charge in [0.2, 0.25) is 11.8 Å². The first kappa shape index (κ1) is 26.0. The maximum atomic E-state index is 14.4. The largest absolute Gasteiger partial charge is 0.475 e. The zero-order valence-corrected chi connectivity index (χ0v) is 21.7. The maximum Gasteiger partial charge on any atom is 0.321 e. The van der Waals surface area contributed by atoms with Crippen LogP contribution in [0.4, 0.5) is 32.2 Å². The van der Waals surface area contributed by atoms with Gasteiger partial charge in [-0.25, -0.2) is 9.78 Å². The van der Waals surface area contributed by atoms with Crippen LogP contribution in [-0.4, -0.2) is 66.9 Å². The van der Waals surface area contributed by atoms with Gasteiger partial charge in [0, 0.05) is 48.3 Å². The van der Waals surface area contributed by atoms with Gasteiger partial charge in [-0.1, -0.05) is 17.7 Å². The fourth-order valence-corrected chi connectivity index (χ4v) is 4.68. The first-order valence-electron chi connectivity index (χ1n) is 12.7. The molecule has 11 heteroatoms. The number of urea groups is 1. The Balaban J connectivity index is 1.10. The number of piperidine rings is 1. The normalized spacial score (nSPS) is 16.3. The van der Waals surface area contributed by atoms with Crippen LogP contribution in [0.15, 0.2) is 54.7 Å². The van der Waals surface area contributed by atoms with Crippen molar-refractivity contribution in [2.45, 2.75) is 12.8 Å². The molecule has 5 rings (SSSR count). The number of nitrogens with zero attached hydrogens (tertiary/aromatic N) is 4. The Morgan fingerprint density at radius 1 is 1.08 bits per heavy atom. The number of anilines is 4. The first-order chi connectivity index (χ1) is 18.5. The van der Waals surface area contributed by atoms with Crippen molar-refractivity contribution >= 4 is 40.6 Å². The molecule has 2 aromatic carbocycles. The van der Waals surface area contributed by atoms with E-state index in [4.69, 9.17) is 21.1 Å². The van der Waals surface area contributed by atoms with Crippen molar-refractivity contribution in [2.24, 2.45) is 5.92 Å². The number of amides is 2. The highest BCUT2D eigenvalue weighted by Gasteiger charge is 2.24. The maximum absolute atomic E-state index is 14.4. The smallest absolute Gasteiger partial charge is 0.321 e. The second kappa shape index (κ2) is 12.3. The predicted molar refractivity (Wildman–Crippen MR) is 145 cm³/mol. The molecule has 2 aliphatic rings. The van der Waals surface area contributed by atoms with E-state index in [0.29, 0.717) is 30.4 Å². The summed E-state index contributed by atoms with van der Waals surface area (Å²) in [5, 5.41) is 6.54. The Labute approximate surface area is 225 Å². The summed E-state index contributed by atoms with van der Waals surface area (Å²) >= 11 is 5.99. The molecule has 0 radical (unpaired) electrons. The molecule has 2 aliphatic heterocycles. The average Bonchev–Trinajstić information content (AvgIpc) is 2.94. The number of likely N-dealkylation sites (tertiary alicyclic amines) is 1. The summed E-state index contributed by atoms with van der Waals surface area (Å²) < 4.78 is 25.5. The van der Waals surface area contributed by atoms with Crippen molar-refractivity contribution in [2.75, 3.05) is 61.5 Å². The highest BCUT2D eigenvalue weighted by atomic mass is 35.5. The number of rotatable bonds is 7. The molecule has 1 aromatic heterocycles. The molecule has 0 saturated carbocycles. The molecular formula is C27H30ClFN6O3. The summed E-state index contributed by atoms with van der Waals surface area (Å²) in [6, 6.07) is 14.8. The minimum Gasteiger partial charge on any atom is -0.475 e. The molecule has 200 valence electrons. The molecule has 0 spiro atoms. The van der Waals surface area contributed by atoms with Crippen LogP contribution in [0.3, 0.4) is 0 Å². The summed E-state index contributed by atoms with van der Waals surface area (Å²) in [6.45, 7) is 4.66. The van der Waals surface area contributed by atoms with E-state index >= 15 is 0 Å². The predicted octanol–water partition coefficient (Wildman–Crippen LogP) is 5.17. The number of halogens is 2. The fourth-order valence-electron chi connectivity index (χ4n) is 4.49. The lowest BCUT2D eigenvalue weighted by Crippen LogP contribution is -2.42. The lowest BCUT2D eigenvalue weighted by atomic mass is 9.98. The van der Waals surface area contributed by atoms with Crippen molar-refractivity contribution in [3.63, 3.8) is 0 Å². The summed E-state index contributed by atoms with van der Waals surface area (Å²) in [5.74, 6) is -0.262. The highest BCUT2D eigenvalue weighted by molar-refractivity contribution is 6.30. The second-order valence-electron chi connectivity index (χ2n) is 9.30. The van der Waals surface area contributed by atoms with Gasteiger partial charge in [0.25, 0.3) is 5.88 Å². The molecule has 0 atom stereocenters. The first-order valence-corrected chi connectivity index (χ1v) is 13.1. The molecule has 2 fully saturated rings. The minimum atomic E-state index is -0.614. The molecule has 38 heavy (non-hydrogen) atoms. The Bertz CT molecular complexity index is 1230. The molecular weight excluding hydrogens is 511 g/mol. The number of ether oxygens (including phenoxy) is 2. The summed E-state index contributed by atoms with van der Waals surface area (Å²) in [6.07, 6.45) is 2.60. The molecule has 0 aliphatic carbocycles. The molecule has 2 amide bonds. The molecule has 2 saturated heterocycles. The number of hydrogen-bond donors (Lipinski definition) is 2. The Hall–Kier alpha value is -3.63. The van der Waals surface area contributed by atoms with Gasteiger partial charge in [-0.05, 0) is 61.2 Å². The molecule has 3 heterocycles. The molecule has 0 bridgehead atoms. The summed E-state index contributed by atoms with van der Waals surface area (Å²) in [5.41, 5.74) is 2.57. The second-order valence-corrected chi connectivity index (χ2v) is 9.74. The monoisotopic (exact) mass is 540 g/mol. The Kier molecular flexibility index (Phi) is 8.40. The third-order valence-corrected chi connectivity index (χ3v) is 6.88. The topological polar surface area (TPSA) is 91.9 Å². The van der Waals surface area contributed by atoms with E-state index in [1.54, 1.807) is 29.2 Å². The van der Waals surface area contributed by atoms with Crippen LogP contribution in [0.5, 0.6) is 5.88 Å². The third-order valence-electron chi connectivity index (χ3n) is 6.64. The van der Waals surface area contributed by atoms with Crippen molar-refractivity contribution < 1.29 is 18.7 Å². The minimum absolute atomic E-state index is 0.0893. The summed E-state index contributed by atoms with van der Waals surface area (Å²) in [7, 11) is 0. The van der Waals surface area contributed by atoms with Crippen molar-refractivity contribution in [1.29, 1.82) is 0 Å². The highest BCUT2D eigenvalue weighted by Crippen LogP contribution is 2.24. The van der Waals surface area contributed by atoms with Crippen LogP contribution in [-0.2, 0) is 4.74 Å². The molecule has 9 nitrogen and oxygen atoms in total. The van der Waals surface area contributed by atoms with Crippen LogP contribution >= 0.6 is 11.6 Å². The van der Waals surface area contributed by atoms with Crippen molar-refractivity contribution in [3.8, 4) is 5.88 Å². The Morgan fingerprint density at radius 2 is 1.84 bits per heavy atom. The van der Waals surface area contributed by atoms with Gasteiger partial charge in [0.15, 0.2) is 0 Å². The number of nitrogens with one attached hydrogen (secondary N) is 2. The van der Waals surface area contributed by atoms with Gasteiger partial charge in [0.05, 0.1) is 26.0 Å². The zero-order chi connectivity index (χ0) is 26.3. The standard InChI is InChI=1S/C27H30ClFN6O3/c28-20-2-1-3-22(16-20)32-27(36)35-10-8-19(9-11-35)18-38-25-24(29)17-30-26(33-25)31-21-4-6-23(7-5-21)34-12-14-37-15-13-34/h1-7,16-17,19H,8-15,18H2,(H,32,36)(H,30,31,33). The third kappa shape index (κ3) is 6.81. The molecule has 0 unspecified atom stereocenters. The SMILES string of the molecule is O=C(Nc1cccc(Cl)c1)N1CCC(COc2nc(Nc3ccc(N4CCOCC4)cc3)ncc2F)CC1. The van der Waals surface area contributed by atoms with E-state index in [0.717, 1.165) is 56.7 Å². The van der Waals surface area contributed by atoms with Crippen LogP contribution in [0, 0.1) is 11.7 Å². The van der Waals surface area contributed by atoms with E-state index in [9.17, 15) is 9.18 Å². The van der Waals surface area contributed by atoms with E-state index < -0.39 is 5.82 Å². The lowest BCUT2D eigenvalue weighted by molar-refractivity contribution is 0.122. The van der Waals surface area contributed by atoms with Crippen LogP contribution in [0.1, 0.15) is 12.8 Å². The zero-order valence-electron chi connectivity index (χ0n) is 20.9. The van der Waals surface area contributed by atoms with Gasteiger partial charge >= 0.3 is 6.03 Å². The van der Waals surface area contributed by atoms with E-state index in [2.05, 4.69) is 25.5 Å². The molecule has 2 N–H and O–H groups in total. The van der Waals surface area contributed by atoms with Crippen LogP contribution in [0.25, 0.3) is 0 Å². The van der Waals surface area contributed by atoms with Crippen molar-refractivity contribution in [1.82, 2.24) is 14.9 Å². The average molecular weight is 541 g/mol. The molecule has 3 aromatic rings. The number of aromatic nitrogens is 2. The van der Waals surface area contributed by atoms with Crippen LogP contribution < -0.4 is 20.3 Å². The van der Waals surface area contributed by atoms with E-state index in [-0.39, 0.29) is 23.8 Å². The van der Waals surface area contributed by atoms with Gasteiger partial charge in [-0.3, -0.25) is 0 Å². The Morgan fingerprint density at radius 3 is 2.58 bits per heavy atom.